The van der Waals surface area contributed by atoms with Gasteiger partial charge in [0.25, 0.3) is 0 Å². The molecule has 0 radical (unpaired) electrons. The fourth-order valence-corrected chi connectivity index (χ4v) is 4.00. The minimum atomic E-state index is -0.754. The first-order chi connectivity index (χ1) is 11.2. The van der Waals surface area contributed by atoms with Gasteiger partial charge in [-0.1, -0.05) is 48.5 Å². The van der Waals surface area contributed by atoms with Gasteiger partial charge in [0.15, 0.2) is 0 Å². The number of hydrogen-bond donors (Lipinski definition) is 1. The molecule has 2 atom stereocenters. The van der Waals surface area contributed by atoms with Gasteiger partial charge in [0.05, 0.1) is 18.8 Å². The van der Waals surface area contributed by atoms with Crippen molar-refractivity contribution in [3.05, 3.63) is 60.2 Å². The molecule has 3 nitrogen and oxygen atoms in total. The highest BCUT2D eigenvalue weighted by Gasteiger charge is 2.45. The first kappa shape index (κ1) is 14.9. The normalized spacial score (nSPS) is 31.0. The molecule has 0 aromatic heterocycles. The van der Waals surface area contributed by atoms with Crippen molar-refractivity contribution in [2.24, 2.45) is 0 Å². The van der Waals surface area contributed by atoms with E-state index < -0.39 is 5.60 Å². The Morgan fingerprint density at radius 1 is 0.957 bits per heavy atom. The zero-order valence-electron chi connectivity index (χ0n) is 13.5. The summed E-state index contributed by atoms with van der Waals surface area (Å²) in [5.74, 6) is 0. The highest BCUT2D eigenvalue weighted by molar-refractivity contribution is 5.64. The highest BCUT2D eigenvalue weighted by Crippen LogP contribution is 2.41. The van der Waals surface area contributed by atoms with Crippen molar-refractivity contribution >= 4 is 0 Å². The van der Waals surface area contributed by atoms with Gasteiger partial charge in [0.2, 0.25) is 0 Å². The topological polar surface area (TPSA) is 32.7 Å². The first-order valence-electron chi connectivity index (χ1n) is 8.34. The second kappa shape index (κ2) is 5.75. The number of nitrogens with zero attached hydrogens (tertiary/aromatic N) is 1. The molecule has 2 aromatic carbocycles. The van der Waals surface area contributed by atoms with Gasteiger partial charge in [-0.3, -0.25) is 4.90 Å². The molecule has 2 aromatic rings. The van der Waals surface area contributed by atoms with E-state index in [2.05, 4.69) is 48.3 Å². The standard InChI is InChI=1S/C20H23NO2/c1-21-18-11-20(22,12-19(21)14-23-13-18)17-9-5-8-16(10-17)15-6-3-2-4-7-15/h2-10,18-19,22H,11-14H2,1H3. The summed E-state index contributed by atoms with van der Waals surface area (Å²) < 4.78 is 5.68. The maximum Gasteiger partial charge on any atom is 0.0928 e. The lowest BCUT2D eigenvalue weighted by Gasteiger charge is -2.50. The number of ether oxygens (including phenoxy) is 1. The molecule has 2 unspecified atom stereocenters. The third-order valence-corrected chi connectivity index (χ3v) is 5.43. The van der Waals surface area contributed by atoms with Gasteiger partial charge in [-0.2, -0.15) is 0 Å². The summed E-state index contributed by atoms with van der Waals surface area (Å²) in [6, 6.07) is 19.3. The largest absolute Gasteiger partial charge is 0.385 e. The zero-order chi connectivity index (χ0) is 15.9. The summed E-state index contributed by atoms with van der Waals surface area (Å²) in [6.07, 6.45) is 1.47. The number of rotatable bonds is 2. The smallest absolute Gasteiger partial charge is 0.0928 e. The predicted molar refractivity (Wildman–Crippen MR) is 91.2 cm³/mol. The number of aliphatic hydroxyl groups is 1. The fourth-order valence-electron chi connectivity index (χ4n) is 4.00. The lowest BCUT2D eigenvalue weighted by Crippen LogP contribution is -2.59. The zero-order valence-corrected chi connectivity index (χ0v) is 13.5. The summed E-state index contributed by atoms with van der Waals surface area (Å²) >= 11 is 0. The van der Waals surface area contributed by atoms with E-state index in [-0.39, 0.29) is 0 Å². The minimum Gasteiger partial charge on any atom is -0.385 e. The Hall–Kier alpha value is -1.68. The quantitative estimate of drug-likeness (QED) is 0.925. The van der Waals surface area contributed by atoms with E-state index >= 15 is 0 Å². The summed E-state index contributed by atoms with van der Waals surface area (Å²) in [7, 11) is 2.15. The lowest BCUT2D eigenvalue weighted by molar-refractivity contribution is -0.137. The molecule has 2 saturated heterocycles. The van der Waals surface area contributed by atoms with Crippen LogP contribution in [-0.2, 0) is 10.3 Å². The molecule has 2 bridgehead atoms. The summed E-state index contributed by atoms with van der Waals surface area (Å²) in [6.45, 7) is 1.43. The van der Waals surface area contributed by atoms with Crippen molar-refractivity contribution in [1.82, 2.24) is 4.90 Å². The highest BCUT2D eigenvalue weighted by atomic mass is 16.5. The summed E-state index contributed by atoms with van der Waals surface area (Å²) in [5, 5.41) is 11.4. The molecule has 2 heterocycles. The van der Waals surface area contributed by atoms with Crippen molar-refractivity contribution in [3.8, 4) is 11.1 Å². The van der Waals surface area contributed by atoms with Gasteiger partial charge >= 0.3 is 0 Å². The number of hydrogen-bond acceptors (Lipinski definition) is 3. The number of likely N-dealkylation sites (N-methyl/N-ethyl adjacent to an activating group) is 1. The van der Waals surface area contributed by atoms with Gasteiger partial charge < -0.3 is 9.84 Å². The molecule has 23 heavy (non-hydrogen) atoms. The number of piperidine rings is 1. The number of fused-ring (bicyclic) bond motifs is 2. The van der Waals surface area contributed by atoms with Crippen molar-refractivity contribution in [3.63, 3.8) is 0 Å². The molecule has 2 fully saturated rings. The molecule has 1 N–H and O–H groups in total. The Kier molecular flexibility index (Phi) is 3.72. The van der Waals surface area contributed by atoms with Crippen LogP contribution in [0.2, 0.25) is 0 Å². The van der Waals surface area contributed by atoms with Crippen LogP contribution in [0.1, 0.15) is 18.4 Å². The maximum absolute atomic E-state index is 11.4. The van der Waals surface area contributed by atoms with Crippen LogP contribution in [0.25, 0.3) is 11.1 Å². The second-order valence-corrected chi connectivity index (χ2v) is 6.90. The molecule has 4 rings (SSSR count). The third kappa shape index (κ3) is 2.69. The van der Waals surface area contributed by atoms with Crippen molar-refractivity contribution in [1.29, 1.82) is 0 Å². The van der Waals surface area contributed by atoms with Crippen LogP contribution in [-0.4, -0.2) is 42.4 Å². The number of benzene rings is 2. The van der Waals surface area contributed by atoms with Crippen LogP contribution >= 0.6 is 0 Å². The molecular weight excluding hydrogens is 286 g/mol. The molecular formula is C20H23NO2. The molecule has 0 spiro atoms. The molecule has 3 heteroatoms. The Morgan fingerprint density at radius 3 is 2.30 bits per heavy atom. The van der Waals surface area contributed by atoms with Gasteiger partial charge in [-0.05, 0) is 42.6 Å². The average molecular weight is 309 g/mol. The summed E-state index contributed by atoms with van der Waals surface area (Å²) in [5.41, 5.74) is 2.63. The van der Waals surface area contributed by atoms with Gasteiger partial charge in [-0.15, -0.1) is 0 Å². The average Bonchev–Trinajstić information content (AvgIpc) is 2.57. The van der Waals surface area contributed by atoms with E-state index in [1.807, 2.05) is 18.2 Å². The predicted octanol–water partition coefficient (Wildman–Crippen LogP) is 3.03. The molecule has 2 aliphatic rings. The van der Waals surface area contributed by atoms with E-state index in [4.69, 9.17) is 4.74 Å². The molecule has 0 saturated carbocycles. The van der Waals surface area contributed by atoms with E-state index in [1.165, 1.54) is 5.56 Å². The third-order valence-electron chi connectivity index (χ3n) is 5.43. The lowest BCUT2D eigenvalue weighted by atomic mass is 9.76. The van der Waals surface area contributed by atoms with Crippen LogP contribution in [0, 0.1) is 0 Å². The van der Waals surface area contributed by atoms with Gasteiger partial charge in [0, 0.05) is 12.1 Å². The van der Waals surface area contributed by atoms with E-state index in [0.717, 1.165) is 24.0 Å². The molecule has 0 aliphatic carbocycles. The van der Waals surface area contributed by atoms with Crippen LogP contribution < -0.4 is 0 Å². The Morgan fingerprint density at radius 2 is 1.61 bits per heavy atom. The monoisotopic (exact) mass is 309 g/mol. The summed E-state index contributed by atoms with van der Waals surface area (Å²) in [4.78, 5) is 2.37. The molecule has 120 valence electrons. The minimum absolute atomic E-state index is 0.299. The van der Waals surface area contributed by atoms with Crippen LogP contribution in [0.5, 0.6) is 0 Å². The maximum atomic E-state index is 11.4. The van der Waals surface area contributed by atoms with Crippen LogP contribution in [0.15, 0.2) is 54.6 Å². The van der Waals surface area contributed by atoms with Crippen molar-refractivity contribution in [2.45, 2.75) is 30.5 Å². The first-order valence-corrected chi connectivity index (χ1v) is 8.34. The molecule has 0 amide bonds. The number of morpholine rings is 1. The van der Waals surface area contributed by atoms with Crippen molar-refractivity contribution < 1.29 is 9.84 Å². The van der Waals surface area contributed by atoms with Crippen LogP contribution in [0.4, 0.5) is 0 Å². The Labute approximate surface area is 137 Å². The van der Waals surface area contributed by atoms with Gasteiger partial charge in [0.1, 0.15) is 0 Å². The molecule has 2 aliphatic heterocycles. The van der Waals surface area contributed by atoms with Crippen molar-refractivity contribution in [2.75, 3.05) is 20.3 Å². The Balaban J connectivity index is 1.68. The van der Waals surface area contributed by atoms with E-state index in [9.17, 15) is 5.11 Å². The van der Waals surface area contributed by atoms with E-state index in [0.29, 0.717) is 25.3 Å². The van der Waals surface area contributed by atoms with E-state index in [1.54, 1.807) is 0 Å². The second-order valence-electron chi connectivity index (χ2n) is 6.90. The Bertz CT molecular complexity index is 671. The SMILES string of the molecule is CN1C2COCC1CC(O)(c1cccc(-c3ccccc3)c1)C2. The fraction of sp³-hybridized carbons (Fsp3) is 0.400. The van der Waals surface area contributed by atoms with Crippen LogP contribution in [0.3, 0.4) is 0 Å². The van der Waals surface area contributed by atoms with Gasteiger partial charge in [-0.25, -0.2) is 0 Å².